The molecular formula is C15H23N3O2. The van der Waals surface area contributed by atoms with Crippen LogP contribution in [-0.4, -0.2) is 27.3 Å². The van der Waals surface area contributed by atoms with Crippen LogP contribution in [0.15, 0.2) is 0 Å². The molecule has 110 valence electrons. The molecule has 1 heterocycles. The molecule has 0 saturated heterocycles. The minimum absolute atomic E-state index is 0.253. The van der Waals surface area contributed by atoms with E-state index in [1.807, 2.05) is 0 Å². The van der Waals surface area contributed by atoms with Gasteiger partial charge in [0, 0.05) is 6.04 Å². The van der Waals surface area contributed by atoms with Crippen LogP contribution in [0.5, 0.6) is 0 Å². The lowest BCUT2D eigenvalue weighted by molar-refractivity contribution is 0.0696. The first-order valence-corrected chi connectivity index (χ1v) is 7.25. The fourth-order valence-electron chi connectivity index (χ4n) is 2.93. The summed E-state index contributed by atoms with van der Waals surface area (Å²) < 4.78 is 0. The van der Waals surface area contributed by atoms with E-state index in [4.69, 9.17) is 0 Å². The summed E-state index contributed by atoms with van der Waals surface area (Å²) in [4.78, 5) is 11.5. The second-order valence-corrected chi connectivity index (χ2v) is 5.96. The van der Waals surface area contributed by atoms with E-state index in [0.717, 1.165) is 6.42 Å². The van der Waals surface area contributed by atoms with Crippen LogP contribution in [0.1, 0.15) is 54.7 Å². The van der Waals surface area contributed by atoms with E-state index < -0.39 is 5.97 Å². The monoisotopic (exact) mass is 277 g/mol. The van der Waals surface area contributed by atoms with Crippen LogP contribution >= 0.6 is 0 Å². The second-order valence-electron chi connectivity index (χ2n) is 5.96. The molecule has 0 spiro atoms. The van der Waals surface area contributed by atoms with Crippen LogP contribution in [0.3, 0.4) is 0 Å². The van der Waals surface area contributed by atoms with E-state index in [2.05, 4.69) is 29.4 Å². The van der Waals surface area contributed by atoms with Crippen LogP contribution in [0.4, 0.5) is 5.82 Å². The number of carboxylic acids is 1. The summed E-state index contributed by atoms with van der Waals surface area (Å²) in [6.07, 6.45) is 3.47. The van der Waals surface area contributed by atoms with Crippen LogP contribution in [0.25, 0.3) is 0 Å². The van der Waals surface area contributed by atoms with Gasteiger partial charge in [-0.3, -0.25) is 0 Å². The van der Waals surface area contributed by atoms with Crippen molar-refractivity contribution in [3.8, 4) is 0 Å². The summed E-state index contributed by atoms with van der Waals surface area (Å²) in [6.45, 7) is 8.04. The Bertz CT molecular complexity index is 516. The molecule has 0 amide bonds. The van der Waals surface area contributed by atoms with Crippen molar-refractivity contribution in [3.05, 3.63) is 16.8 Å². The third-order valence-corrected chi connectivity index (χ3v) is 4.70. The minimum atomic E-state index is -0.945. The lowest BCUT2D eigenvalue weighted by Crippen LogP contribution is -2.36. The lowest BCUT2D eigenvalue weighted by Gasteiger charge is -2.35. The fourth-order valence-corrected chi connectivity index (χ4v) is 2.93. The first kappa shape index (κ1) is 14.8. The Labute approximate surface area is 119 Å². The van der Waals surface area contributed by atoms with Gasteiger partial charge < -0.3 is 10.4 Å². The van der Waals surface area contributed by atoms with Crippen molar-refractivity contribution >= 4 is 11.8 Å². The molecule has 2 N–H and O–H groups in total. The average Bonchev–Trinajstić information content (AvgIpc) is 2.39. The van der Waals surface area contributed by atoms with Gasteiger partial charge in [-0.2, -0.15) is 5.10 Å². The number of carbonyl (C=O) groups is 1. The number of aromatic carboxylic acids is 1. The van der Waals surface area contributed by atoms with Gasteiger partial charge >= 0.3 is 5.97 Å². The number of aromatic nitrogens is 2. The van der Waals surface area contributed by atoms with Crippen molar-refractivity contribution in [3.63, 3.8) is 0 Å². The van der Waals surface area contributed by atoms with E-state index >= 15 is 0 Å². The van der Waals surface area contributed by atoms with Crippen LogP contribution in [-0.2, 0) is 0 Å². The van der Waals surface area contributed by atoms with E-state index in [9.17, 15) is 9.90 Å². The van der Waals surface area contributed by atoms with Gasteiger partial charge in [0.15, 0.2) is 5.82 Å². The Kier molecular flexibility index (Phi) is 4.26. The minimum Gasteiger partial charge on any atom is -0.478 e. The summed E-state index contributed by atoms with van der Waals surface area (Å²) in [5.41, 5.74) is 1.60. The highest BCUT2D eigenvalue weighted by Crippen LogP contribution is 2.32. The number of rotatable bonds is 3. The predicted molar refractivity (Wildman–Crippen MR) is 78.1 cm³/mol. The molecule has 1 aliphatic rings. The van der Waals surface area contributed by atoms with Crippen molar-refractivity contribution in [2.75, 3.05) is 5.32 Å². The van der Waals surface area contributed by atoms with Crippen molar-refractivity contribution < 1.29 is 9.90 Å². The number of anilines is 1. The highest BCUT2D eigenvalue weighted by molar-refractivity contribution is 5.94. The lowest BCUT2D eigenvalue weighted by atomic mass is 9.78. The molecule has 1 fully saturated rings. The molecule has 1 aromatic rings. The first-order chi connectivity index (χ1) is 9.41. The summed E-state index contributed by atoms with van der Waals surface area (Å²) in [6, 6.07) is 0.272. The third-order valence-electron chi connectivity index (χ3n) is 4.70. The zero-order chi connectivity index (χ0) is 14.9. The molecule has 5 nitrogen and oxygen atoms in total. The first-order valence-electron chi connectivity index (χ1n) is 7.25. The molecule has 1 aromatic heterocycles. The van der Waals surface area contributed by atoms with E-state index in [1.54, 1.807) is 13.8 Å². The zero-order valence-electron chi connectivity index (χ0n) is 12.6. The van der Waals surface area contributed by atoms with Gasteiger partial charge in [0.2, 0.25) is 0 Å². The number of aryl methyl sites for hydroxylation is 1. The summed E-state index contributed by atoms with van der Waals surface area (Å²) >= 11 is 0. The standard InChI is InChI=1S/C15H23N3O2/c1-8-6-5-7-12(9(8)2)16-14-13(15(19)20)10(3)11(4)17-18-14/h8-9,12H,5-7H2,1-4H3,(H,16,18)(H,19,20). The summed E-state index contributed by atoms with van der Waals surface area (Å²) in [5, 5.41) is 20.9. The third kappa shape index (κ3) is 2.76. The van der Waals surface area contributed by atoms with Crippen molar-refractivity contribution in [1.29, 1.82) is 0 Å². The summed E-state index contributed by atoms with van der Waals surface area (Å²) in [5.74, 6) is 0.619. The molecule has 0 radical (unpaired) electrons. The van der Waals surface area contributed by atoms with Gasteiger partial charge in [-0.25, -0.2) is 4.79 Å². The molecule has 1 saturated carbocycles. The highest BCUT2D eigenvalue weighted by atomic mass is 16.4. The Morgan fingerprint density at radius 2 is 1.95 bits per heavy atom. The van der Waals surface area contributed by atoms with Crippen LogP contribution in [0.2, 0.25) is 0 Å². The molecule has 20 heavy (non-hydrogen) atoms. The Balaban J connectivity index is 2.29. The molecule has 3 unspecified atom stereocenters. The van der Waals surface area contributed by atoms with Gasteiger partial charge in [0.25, 0.3) is 0 Å². The molecular weight excluding hydrogens is 254 g/mol. The second kappa shape index (κ2) is 5.77. The molecule has 0 aliphatic heterocycles. The predicted octanol–water partition coefficient (Wildman–Crippen LogP) is 3.03. The number of hydrogen-bond acceptors (Lipinski definition) is 4. The number of carboxylic acid groups (broad SMARTS) is 1. The zero-order valence-corrected chi connectivity index (χ0v) is 12.6. The van der Waals surface area contributed by atoms with Gasteiger partial charge in [0.05, 0.1) is 5.69 Å². The normalized spacial score (nSPS) is 26.3. The maximum atomic E-state index is 11.5. The van der Waals surface area contributed by atoms with E-state index in [1.165, 1.54) is 12.8 Å². The maximum Gasteiger partial charge on any atom is 0.339 e. The Morgan fingerprint density at radius 3 is 2.60 bits per heavy atom. The molecule has 0 bridgehead atoms. The van der Waals surface area contributed by atoms with Crippen molar-refractivity contribution in [2.45, 2.75) is 53.0 Å². The van der Waals surface area contributed by atoms with Crippen molar-refractivity contribution in [2.24, 2.45) is 11.8 Å². The Hall–Kier alpha value is -1.65. The molecule has 2 rings (SSSR count). The Morgan fingerprint density at radius 1 is 1.25 bits per heavy atom. The number of nitrogens with one attached hydrogen (secondary N) is 1. The van der Waals surface area contributed by atoms with Gasteiger partial charge in [0.1, 0.15) is 5.56 Å². The summed E-state index contributed by atoms with van der Waals surface area (Å²) in [7, 11) is 0. The number of hydrogen-bond donors (Lipinski definition) is 2. The molecule has 5 heteroatoms. The SMILES string of the molecule is Cc1nnc(NC2CCCC(C)C2C)c(C(=O)O)c1C. The highest BCUT2D eigenvalue weighted by Gasteiger charge is 2.29. The molecule has 1 aliphatic carbocycles. The smallest absolute Gasteiger partial charge is 0.339 e. The van der Waals surface area contributed by atoms with E-state index in [-0.39, 0.29) is 11.6 Å². The van der Waals surface area contributed by atoms with E-state index in [0.29, 0.717) is 28.9 Å². The number of nitrogens with zero attached hydrogens (tertiary/aromatic N) is 2. The van der Waals surface area contributed by atoms with Crippen LogP contribution in [0, 0.1) is 25.7 Å². The van der Waals surface area contributed by atoms with Gasteiger partial charge in [-0.15, -0.1) is 5.10 Å². The van der Waals surface area contributed by atoms with Gasteiger partial charge in [-0.1, -0.05) is 26.7 Å². The fraction of sp³-hybridized carbons (Fsp3) is 0.667. The quantitative estimate of drug-likeness (QED) is 0.888. The maximum absolute atomic E-state index is 11.5. The van der Waals surface area contributed by atoms with Crippen LogP contribution < -0.4 is 5.32 Å². The topological polar surface area (TPSA) is 75.1 Å². The molecule has 3 atom stereocenters. The van der Waals surface area contributed by atoms with Gasteiger partial charge in [-0.05, 0) is 37.7 Å². The average molecular weight is 277 g/mol. The molecule has 0 aromatic carbocycles. The largest absolute Gasteiger partial charge is 0.478 e. The van der Waals surface area contributed by atoms with Crippen molar-refractivity contribution in [1.82, 2.24) is 10.2 Å².